The number of carbonyl (C=O) groups is 1. The minimum Gasteiger partial charge on any atom is -0.494 e. The number of fused-ring (bicyclic) bond motifs is 1. The lowest BCUT2D eigenvalue weighted by atomic mass is 9.81. The summed E-state index contributed by atoms with van der Waals surface area (Å²) in [6.45, 7) is 2.83. The Balaban J connectivity index is 1.43. The molecule has 0 spiro atoms. The zero-order chi connectivity index (χ0) is 22.5. The Morgan fingerprint density at radius 3 is 2.53 bits per heavy atom. The van der Waals surface area contributed by atoms with Crippen molar-refractivity contribution in [1.82, 2.24) is 0 Å². The summed E-state index contributed by atoms with van der Waals surface area (Å²) < 4.78 is 25.8. The second kappa shape index (κ2) is 9.86. The molecule has 0 heterocycles. The first kappa shape index (κ1) is 21.9. The average molecular weight is 435 g/mol. The summed E-state index contributed by atoms with van der Waals surface area (Å²) in [5.41, 5.74) is 4.59. The van der Waals surface area contributed by atoms with E-state index in [1.807, 2.05) is 49.4 Å². The van der Waals surface area contributed by atoms with Crippen LogP contribution in [0, 0.1) is 5.82 Å². The van der Waals surface area contributed by atoms with Crippen LogP contribution in [-0.4, -0.2) is 17.7 Å². The van der Waals surface area contributed by atoms with Gasteiger partial charge in [0, 0.05) is 5.56 Å². The Bertz CT molecular complexity index is 1090. The van der Waals surface area contributed by atoms with Crippen molar-refractivity contribution in [2.75, 3.05) is 6.61 Å². The Morgan fingerprint density at radius 1 is 1.03 bits per heavy atom. The molecule has 0 fully saturated rings. The van der Waals surface area contributed by atoms with Crippen molar-refractivity contribution < 1.29 is 23.8 Å². The molecule has 1 N–H and O–H groups in total. The Morgan fingerprint density at radius 2 is 1.78 bits per heavy atom. The third-order valence-corrected chi connectivity index (χ3v) is 5.89. The van der Waals surface area contributed by atoms with Crippen LogP contribution in [0.1, 0.15) is 48.8 Å². The highest BCUT2D eigenvalue weighted by molar-refractivity contribution is 5.68. The molecule has 3 aromatic rings. The Labute approximate surface area is 187 Å². The normalized spacial score (nSPS) is 15.1. The summed E-state index contributed by atoms with van der Waals surface area (Å²) in [6, 6.07) is 18.4. The molecule has 0 radical (unpaired) electrons. The van der Waals surface area contributed by atoms with E-state index in [1.54, 1.807) is 12.1 Å². The van der Waals surface area contributed by atoms with Crippen molar-refractivity contribution >= 4 is 5.97 Å². The van der Waals surface area contributed by atoms with E-state index >= 15 is 0 Å². The molecule has 5 heteroatoms. The zero-order valence-corrected chi connectivity index (χ0v) is 18.1. The third kappa shape index (κ3) is 5.10. The summed E-state index contributed by atoms with van der Waals surface area (Å²) in [5, 5.41) is 9.15. The van der Waals surface area contributed by atoms with Gasteiger partial charge in [-0.2, -0.15) is 0 Å². The fourth-order valence-corrected chi connectivity index (χ4v) is 4.33. The monoisotopic (exact) mass is 434 g/mol. The van der Waals surface area contributed by atoms with Crippen LogP contribution in [0.15, 0.2) is 60.7 Å². The van der Waals surface area contributed by atoms with Crippen LogP contribution in [0.25, 0.3) is 11.1 Å². The van der Waals surface area contributed by atoms with E-state index < -0.39 is 5.97 Å². The van der Waals surface area contributed by atoms with E-state index in [9.17, 15) is 9.18 Å². The van der Waals surface area contributed by atoms with Crippen molar-refractivity contribution in [1.29, 1.82) is 0 Å². The molecule has 0 bridgehead atoms. The zero-order valence-electron chi connectivity index (χ0n) is 18.1. The van der Waals surface area contributed by atoms with Gasteiger partial charge in [-0.25, -0.2) is 4.39 Å². The predicted octanol–water partition coefficient (Wildman–Crippen LogP) is 6.37. The van der Waals surface area contributed by atoms with E-state index in [4.69, 9.17) is 14.6 Å². The Hall–Kier alpha value is -3.34. The van der Waals surface area contributed by atoms with Crippen LogP contribution in [0.4, 0.5) is 4.39 Å². The number of rotatable bonds is 8. The molecule has 4 nitrogen and oxygen atoms in total. The molecule has 4 rings (SSSR count). The number of aryl methyl sites for hydroxylation is 1. The molecule has 0 aromatic heterocycles. The fourth-order valence-electron chi connectivity index (χ4n) is 4.33. The summed E-state index contributed by atoms with van der Waals surface area (Å²) in [4.78, 5) is 11.1. The number of carboxylic acids is 1. The van der Waals surface area contributed by atoms with E-state index in [0.717, 1.165) is 41.7 Å². The van der Waals surface area contributed by atoms with Gasteiger partial charge in [0.2, 0.25) is 0 Å². The molecule has 0 saturated carbocycles. The topological polar surface area (TPSA) is 55.8 Å². The first-order valence-electron chi connectivity index (χ1n) is 11.0. The lowest BCUT2D eigenvalue weighted by Gasteiger charge is -2.24. The van der Waals surface area contributed by atoms with Gasteiger partial charge in [-0.3, -0.25) is 4.79 Å². The summed E-state index contributed by atoms with van der Waals surface area (Å²) >= 11 is 0. The van der Waals surface area contributed by atoms with Gasteiger partial charge in [0.15, 0.2) is 0 Å². The van der Waals surface area contributed by atoms with E-state index in [0.29, 0.717) is 24.5 Å². The molecule has 0 unspecified atom stereocenters. The van der Waals surface area contributed by atoms with Gasteiger partial charge in [0.1, 0.15) is 23.9 Å². The minimum absolute atomic E-state index is 0.0828. The molecule has 1 atom stereocenters. The van der Waals surface area contributed by atoms with Crippen molar-refractivity contribution in [2.45, 2.75) is 45.1 Å². The second-order valence-corrected chi connectivity index (χ2v) is 8.11. The second-order valence-electron chi connectivity index (χ2n) is 8.11. The summed E-state index contributed by atoms with van der Waals surface area (Å²) in [6.07, 6.45) is 3.04. The number of ether oxygens (including phenoxy) is 2. The van der Waals surface area contributed by atoms with Gasteiger partial charge in [0.05, 0.1) is 13.0 Å². The highest BCUT2D eigenvalue weighted by Crippen LogP contribution is 2.36. The first-order valence-corrected chi connectivity index (χ1v) is 11.0. The van der Waals surface area contributed by atoms with Gasteiger partial charge in [-0.1, -0.05) is 30.3 Å². The lowest BCUT2D eigenvalue weighted by molar-refractivity contribution is -0.137. The van der Waals surface area contributed by atoms with Crippen LogP contribution < -0.4 is 9.47 Å². The molecule has 1 aliphatic carbocycles. The Kier molecular flexibility index (Phi) is 6.74. The molecule has 32 heavy (non-hydrogen) atoms. The number of carboxylic acid groups (broad SMARTS) is 1. The van der Waals surface area contributed by atoms with Crippen molar-refractivity contribution in [3.8, 4) is 22.6 Å². The van der Waals surface area contributed by atoms with Gasteiger partial charge < -0.3 is 14.6 Å². The predicted molar refractivity (Wildman–Crippen MR) is 122 cm³/mol. The first-order chi connectivity index (χ1) is 15.5. The fraction of sp³-hybridized carbons (Fsp3) is 0.296. The molecule has 0 amide bonds. The molecular weight excluding hydrogens is 407 g/mol. The van der Waals surface area contributed by atoms with Crippen LogP contribution in [0.2, 0.25) is 0 Å². The summed E-state index contributed by atoms with van der Waals surface area (Å²) in [5.74, 6) is 0.469. The lowest BCUT2D eigenvalue weighted by Crippen LogP contribution is -2.13. The van der Waals surface area contributed by atoms with Gasteiger partial charge in [0.25, 0.3) is 0 Å². The molecular formula is C27H27FO4. The quantitative estimate of drug-likeness (QED) is 0.448. The maximum Gasteiger partial charge on any atom is 0.303 e. The van der Waals surface area contributed by atoms with E-state index in [2.05, 4.69) is 0 Å². The number of halogens is 1. The maximum absolute atomic E-state index is 14.3. The highest BCUT2D eigenvalue weighted by atomic mass is 19.1. The van der Waals surface area contributed by atoms with Crippen LogP contribution in [0.5, 0.6) is 11.5 Å². The molecule has 166 valence electrons. The van der Waals surface area contributed by atoms with Crippen molar-refractivity contribution in [3.63, 3.8) is 0 Å². The van der Waals surface area contributed by atoms with Crippen molar-refractivity contribution in [2.24, 2.45) is 0 Å². The molecule has 0 aliphatic heterocycles. The van der Waals surface area contributed by atoms with Crippen molar-refractivity contribution in [3.05, 3.63) is 83.2 Å². The molecule has 1 aliphatic rings. The molecule has 0 saturated heterocycles. The minimum atomic E-state index is -0.754. The van der Waals surface area contributed by atoms with Gasteiger partial charge >= 0.3 is 5.97 Å². The third-order valence-electron chi connectivity index (χ3n) is 5.89. The van der Waals surface area contributed by atoms with E-state index in [1.165, 1.54) is 11.6 Å². The number of hydrogen-bond donors (Lipinski definition) is 1. The summed E-state index contributed by atoms with van der Waals surface area (Å²) in [7, 11) is 0. The smallest absolute Gasteiger partial charge is 0.303 e. The van der Waals surface area contributed by atoms with Gasteiger partial charge in [-0.15, -0.1) is 0 Å². The maximum atomic E-state index is 14.3. The standard InChI is InChI=1S/C27H27FO4/c1-2-31-23-11-13-26(28)25(16-23)19-8-6-18(7-9-19)17-32-22-10-12-24-20(14-22)4-3-5-21(24)15-27(29)30/h6-14,16,21H,2-5,15,17H2,1H3,(H,29,30)/t21-/m0/s1. The van der Waals surface area contributed by atoms with Gasteiger partial charge in [-0.05, 0) is 84.7 Å². The highest BCUT2D eigenvalue weighted by Gasteiger charge is 2.22. The molecule has 3 aromatic carbocycles. The SMILES string of the molecule is CCOc1ccc(F)c(-c2ccc(COc3ccc4c(c3)CCC[C@H]4CC(=O)O)cc2)c1. The largest absolute Gasteiger partial charge is 0.494 e. The van der Waals surface area contributed by atoms with E-state index in [-0.39, 0.29) is 18.2 Å². The average Bonchev–Trinajstić information content (AvgIpc) is 2.79. The number of hydrogen-bond acceptors (Lipinski definition) is 3. The van der Waals surface area contributed by atoms with Crippen LogP contribution >= 0.6 is 0 Å². The van der Waals surface area contributed by atoms with Crippen LogP contribution in [0.3, 0.4) is 0 Å². The van der Waals surface area contributed by atoms with Crippen LogP contribution in [-0.2, 0) is 17.8 Å². The number of benzene rings is 3. The number of aliphatic carboxylic acids is 1.